The van der Waals surface area contributed by atoms with Crippen molar-refractivity contribution < 1.29 is 0 Å². The van der Waals surface area contributed by atoms with Gasteiger partial charge in [-0.2, -0.15) is 0 Å². The van der Waals surface area contributed by atoms with Gasteiger partial charge in [-0.05, 0) is 42.4 Å². The summed E-state index contributed by atoms with van der Waals surface area (Å²) >= 11 is 18.3. The van der Waals surface area contributed by atoms with E-state index in [-0.39, 0.29) is 6.04 Å². The Bertz CT molecular complexity index is 534. The highest BCUT2D eigenvalue weighted by Crippen LogP contribution is 2.31. The summed E-state index contributed by atoms with van der Waals surface area (Å²) in [5, 5.41) is 5.17. The van der Waals surface area contributed by atoms with Crippen LogP contribution in [0, 0.1) is 0 Å². The van der Waals surface area contributed by atoms with Crippen molar-refractivity contribution >= 4 is 34.8 Å². The highest BCUT2D eigenvalue weighted by Gasteiger charge is 2.15. The van der Waals surface area contributed by atoms with Crippen molar-refractivity contribution in [2.24, 2.45) is 0 Å². The Kier molecular flexibility index (Phi) is 4.52. The average molecular weight is 301 g/mol. The quantitative estimate of drug-likeness (QED) is 0.845. The summed E-state index contributed by atoms with van der Waals surface area (Å²) < 4.78 is 0. The van der Waals surface area contributed by atoms with Crippen LogP contribution in [0.1, 0.15) is 17.2 Å². The first-order valence-corrected chi connectivity index (χ1v) is 6.63. The SMILES string of the molecule is CNC(c1cc(Cl)cc(Cl)c1)c1ccccc1Cl. The molecule has 4 heteroatoms. The predicted octanol–water partition coefficient (Wildman–Crippen LogP) is 4.96. The minimum atomic E-state index is -0.0325. The van der Waals surface area contributed by atoms with Gasteiger partial charge >= 0.3 is 0 Å². The molecule has 0 saturated heterocycles. The zero-order valence-corrected chi connectivity index (χ0v) is 12.0. The Morgan fingerprint density at radius 1 is 0.944 bits per heavy atom. The standard InChI is InChI=1S/C14H12Cl3N/c1-18-14(12-4-2-3-5-13(12)17)9-6-10(15)8-11(16)7-9/h2-8,14,18H,1H3. The molecule has 0 aliphatic carbocycles. The number of benzene rings is 2. The van der Waals surface area contributed by atoms with E-state index in [1.807, 2.05) is 43.4 Å². The smallest absolute Gasteiger partial charge is 0.0590 e. The number of halogens is 3. The van der Waals surface area contributed by atoms with Crippen LogP contribution in [-0.4, -0.2) is 7.05 Å². The molecule has 0 amide bonds. The van der Waals surface area contributed by atoms with E-state index < -0.39 is 0 Å². The first-order valence-electron chi connectivity index (χ1n) is 5.49. The van der Waals surface area contributed by atoms with Gasteiger partial charge in [-0.1, -0.05) is 53.0 Å². The Labute approximate surface area is 122 Å². The predicted molar refractivity (Wildman–Crippen MR) is 78.8 cm³/mol. The monoisotopic (exact) mass is 299 g/mol. The maximum Gasteiger partial charge on any atom is 0.0590 e. The van der Waals surface area contributed by atoms with Crippen LogP contribution < -0.4 is 5.32 Å². The number of nitrogens with one attached hydrogen (secondary N) is 1. The third-order valence-electron chi connectivity index (χ3n) is 2.72. The maximum atomic E-state index is 6.22. The van der Waals surface area contributed by atoms with E-state index >= 15 is 0 Å². The van der Waals surface area contributed by atoms with E-state index in [0.29, 0.717) is 15.1 Å². The van der Waals surface area contributed by atoms with Crippen LogP contribution in [-0.2, 0) is 0 Å². The molecular formula is C14H12Cl3N. The highest BCUT2D eigenvalue weighted by molar-refractivity contribution is 6.34. The zero-order valence-electron chi connectivity index (χ0n) is 9.75. The lowest BCUT2D eigenvalue weighted by Gasteiger charge is -2.19. The number of rotatable bonds is 3. The van der Waals surface area contributed by atoms with E-state index in [4.69, 9.17) is 34.8 Å². The van der Waals surface area contributed by atoms with Crippen LogP contribution in [0.4, 0.5) is 0 Å². The molecule has 1 N–H and O–H groups in total. The molecule has 2 aromatic rings. The first-order chi connectivity index (χ1) is 8.61. The Morgan fingerprint density at radius 2 is 1.56 bits per heavy atom. The summed E-state index contributed by atoms with van der Waals surface area (Å²) in [5.74, 6) is 0. The molecule has 1 atom stereocenters. The second-order valence-corrected chi connectivity index (χ2v) is 5.23. The Balaban J connectivity index is 2.48. The highest BCUT2D eigenvalue weighted by atomic mass is 35.5. The fourth-order valence-corrected chi connectivity index (χ4v) is 2.74. The van der Waals surface area contributed by atoms with Crippen molar-refractivity contribution in [2.75, 3.05) is 7.05 Å². The molecule has 0 radical (unpaired) electrons. The molecule has 0 saturated carbocycles. The molecule has 0 aliphatic rings. The van der Waals surface area contributed by atoms with Gasteiger partial charge in [0.05, 0.1) is 6.04 Å². The maximum absolute atomic E-state index is 6.22. The number of hydrogen-bond acceptors (Lipinski definition) is 1. The zero-order chi connectivity index (χ0) is 13.1. The van der Waals surface area contributed by atoms with Crippen LogP contribution in [0.15, 0.2) is 42.5 Å². The van der Waals surface area contributed by atoms with Gasteiger partial charge in [0, 0.05) is 15.1 Å². The molecule has 2 rings (SSSR count). The van der Waals surface area contributed by atoms with E-state index in [1.54, 1.807) is 6.07 Å². The third-order valence-corrected chi connectivity index (χ3v) is 3.50. The van der Waals surface area contributed by atoms with Gasteiger partial charge in [0.2, 0.25) is 0 Å². The molecule has 0 aliphatic heterocycles. The molecule has 0 bridgehead atoms. The van der Waals surface area contributed by atoms with Gasteiger partial charge in [0.1, 0.15) is 0 Å². The van der Waals surface area contributed by atoms with Crippen LogP contribution in [0.5, 0.6) is 0 Å². The topological polar surface area (TPSA) is 12.0 Å². The van der Waals surface area contributed by atoms with Gasteiger partial charge in [-0.25, -0.2) is 0 Å². The summed E-state index contributed by atoms with van der Waals surface area (Å²) in [5.41, 5.74) is 1.99. The van der Waals surface area contributed by atoms with Crippen molar-refractivity contribution in [2.45, 2.75) is 6.04 Å². The summed E-state index contributed by atoms with van der Waals surface area (Å²) in [4.78, 5) is 0. The van der Waals surface area contributed by atoms with Gasteiger partial charge in [0.15, 0.2) is 0 Å². The lowest BCUT2D eigenvalue weighted by molar-refractivity contribution is 0.692. The van der Waals surface area contributed by atoms with Crippen molar-refractivity contribution in [3.63, 3.8) is 0 Å². The van der Waals surface area contributed by atoms with E-state index in [1.165, 1.54) is 0 Å². The lowest BCUT2D eigenvalue weighted by Crippen LogP contribution is -2.18. The van der Waals surface area contributed by atoms with Crippen molar-refractivity contribution in [3.8, 4) is 0 Å². The van der Waals surface area contributed by atoms with Gasteiger partial charge < -0.3 is 5.32 Å². The molecule has 0 heterocycles. The minimum Gasteiger partial charge on any atom is -0.309 e. The van der Waals surface area contributed by atoms with E-state index in [9.17, 15) is 0 Å². The molecule has 0 spiro atoms. The second-order valence-electron chi connectivity index (χ2n) is 3.95. The molecule has 1 unspecified atom stereocenters. The molecule has 0 fully saturated rings. The van der Waals surface area contributed by atoms with Crippen LogP contribution in [0.25, 0.3) is 0 Å². The van der Waals surface area contributed by atoms with Gasteiger partial charge in [-0.3, -0.25) is 0 Å². The van der Waals surface area contributed by atoms with Crippen molar-refractivity contribution in [1.29, 1.82) is 0 Å². The molecular weight excluding hydrogens is 289 g/mol. The molecule has 1 nitrogen and oxygen atoms in total. The fraction of sp³-hybridized carbons (Fsp3) is 0.143. The largest absolute Gasteiger partial charge is 0.309 e. The average Bonchev–Trinajstić information content (AvgIpc) is 2.31. The molecule has 18 heavy (non-hydrogen) atoms. The molecule has 94 valence electrons. The minimum absolute atomic E-state index is 0.0325. The molecule has 2 aromatic carbocycles. The van der Waals surface area contributed by atoms with Gasteiger partial charge in [0.25, 0.3) is 0 Å². The summed E-state index contributed by atoms with van der Waals surface area (Å²) in [6, 6.07) is 13.2. The fourth-order valence-electron chi connectivity index (χ4n) is 1.95. The van der Waals surface area contributed by atoms with E-state index in [0.717, 1.165) is 11.1 Å². The first kappa shape index (κ1) is 13.7. The number of hydrogen-bond donors (Lipinski definition) is 1. The van der Waals surface area contributed by atoms with Crippen LogP contribution in [0.2, 0.25) is 15.1 Å². The van der Waals surface area contributed by atoms with E-state index in [2.05, 4.69) is 5.32 Å². The van der Waals surface area contributed by atoms with Crippen LogP contribution >= 0.6 is 34.8 Å². The van der Waals surface area contributed by atoms with Gasteiger partial charge in [-0.15, -0.1) is 0 Å². The summed E-state index contributed by atoms with van der Waals surface area (Å²) in [6.45, 7) is 0. The summed E-state index contributed by atoms with van der Waals surface area (Å²) in [6.07, 6.45) is 0. The lowest BCUT2D eigenvalue weighted by atomic mass is 9.99. The molecule has 0 aromatic heterocycles. The Hall–Kier alpha value is -0.730. The van der Waals surface area contributed by atoms with Crippen molar-refractivity contribution in [1.82, 2.24) is 5.32 Å². The normalized spacial score (nSPS) is 12.4. The second kappa shape index (κ2) is 5.94. The van der Waals surface area contributed by atoms with Crippen molar-refractivity contribution in [3.05, 3.63) is 68.7 Å². The summed E-state index contributed by atoms with van der Waals surface area (Å²) in [7, 11) is 1.88. The third kappa shape index (κ3) is 2.99. The van der Waals surface area contributed by atoms with Crippen LogP contribution in [0.3, 0.4) is 0 Å². The Morgan fingerprint density at radius 3 is 2.11 bits per heavy atom.